The van der Waals surface area contributed by atoms with E-state index in [4.69, 9.17) is 4.74 Å². The summed E-state index contributed by atoms with van der Waals surface area (Å²) in [6.45, 7) is 3.86. The van der Waals surface area contributed by atoms with Crippen LogP contribution in [0.25, 0.3) is 11.1 Å². The van der Waals surface area contributed by atoms with Crippen LogP contribution in [0.15, 0.2) is 78.9 Å². The van der Waals surface area contributed by atoms with Gasteiger partial charge in [-0.15, -0.1) is 0 Å². The molecule has 0 fully saturated rings. The lowest BCUT2D eigenvalue weighted by atomic mass is 9.95. The molecule has 3 aromatic carbocycles. The van der Waals surface area contributed by atoms with Crippen molar-refractivity contribution in [2.45, 2.75) is 32.6 Å². The van der Waals surface area contributed by atoms with Crippen molar-refractivity contribution in [2.24, 2.45) is 0 Å². The van der Waals surface area contributed by atoms with Crippen LogP contribution in [0, 0.1) is 0 Å². The summed E-state index contributed by atoms with van der Waals surface area (Å²) in [5.41, 5.74) is 3.86. The van der Waals surface area contributed by atoms with Gasteiger partial charge in [0.15, 0.2) is 0 Å². The van der Waals surface area contributed by atoms with Gasteiger partial charge >= 0.3 is 6.09 Å². The minimum Gasteiger partial charge on any atom is -0.442 e. The van der Waals surface area contributed by atoms with E-state index in [9.17, 15) is 14.7 Å². The SMILES string of the molecule is C[C@H](O)CNC(=O)c1ccccc1-c1ccccc1CNC(=O)O[C@@H](C)c1ccccc1. The monoisotopic (exact) mass is 432 g/mol. The van der Waals surface area contributed by atoms with Gasteiger partial charge in [-0.1, -0.05) is 72.8 Å². The molecule has 6 nitrogen and oxygen atoms in total. The van der Waals surface area contributed by atoms with E-state index in [-0.39, 0.29) is 25.1 Å². The number of hydrogen-bond donors (Lipinski definition) is 3. The molecule has 0 aliphatic heterocycles. The summed E-state index contributed by atoms with van der Waals surface area (Å²) in [5.74, 6) is -0.264. The van der Waals surface area contributed by atoms with Crippen LogP contribution in [0.2, 0.25) is 0 Å². The third kappa shape index (κ3) is 6.18. The van der Waals surface area contributed by atoms with Crippen molar-refractivity contribution in [3.63, 3.8) is 0 Å². The first-order chi connectivity index (χ1) is 15.5. The first-order valence-electron chi connectivity index (χ1n) is 10.6. The third-order valence-corrected chi connectivity index (χ3v) is 5.01. The number of benzene rings is 3. The van der Waals surface area contributed by atoms with Crippen LogP contribution in [0.1, 0.15) is 41.4 Å². The summed E-state index contributed by atoms with van der Waals surface area (Å²) in [7, 11) is 0. The second-order valence-electron chi connectivity index (χ2n) is 7.57. The Morgan fingerprint density at radius 3 is 2.19 bits per heavy atom. The molecule has 2 atom stereocenters. The molecule has 0 aliphatic rings. The number of aliphatic hydroxyl groups is 1. The molecule has 0 aromatic heterocycles. The van der Waals surface area contributed by atoms with Gasteiger partial charge in [0.05, 0.1) is 6.10 Å². The van der Waals surface area contributed by atoms with Crippen LogP contribution < -0.4 is 10.6 Å². The van der Waals surface area contributed by atoms with E-state index in [1.165, 1.54) is 0 Å². The largest absolute Gasteiger partial charge is 0.442 e. The van der Waals surface area contributed by atoms with Gasteiger partial charge in [-0.25, -0.2) is 4.79 Å². The zero-order valence-electron chi connectivity index (χ0n) is 18.2. The number of carbonyl (C=O) groups excluding carboxylic acids is 2. The van der Waals surface area contributed by atoms with Crippen molar-refractivity contribution in [1.82, 2.24) is 10.6 Å². The van der Waals surface area contributed by atoms with Gasteiger partial charge in [-0.05, 0) is 42.2 Å². The number of alkyl carbamates (subject to hydrolysis) is 1. The molecule has 3 rings (SSSR count). The Balaban J connectivity index is 1.73. The van der Waals surface area contributed by atoms with Gasteiger partial charge < -0.3 is 20.5 Å². The highest BCUT2D eigenvalue weighted by atomic mass is 16.6. The molecule has 32 heavy (non-hydrogen) atoms. The van der Waals surface area contributed by atoms with Crippen LogP contribution in [-0.4, -0.2) is 29.8 Å². The molecule has 0 saturated carbocycles. The predicted octanol–water partition coefficient (Wildman–Crippen LogP) is 4.45. The molecule has 0 saturated heterocycles. The number of carbonyl (C=O) groups is 2. The summed E-state index contributed by atoms with van der Waals surface area (Å²) < 4.78 is 5.48. The van der Waals surface area contributed by atoms with Gasteiger partial charge in [-0.3, -0.25) is 4.79 Å². The van der Waals surface area contributed by atoms with Crippen molar-refractivity contribution < 1.29 is 19.4 Å². The lowest BCUT2D eigenvalue weighted by Gasteiger charge is -2.16. The Hall–Kier alpha value is -3.64. The predicted molar refractivity (Wildman–Crippen MR) is 124 cm³/mol. The molecule has 6 heteroatoms. The highest BCUT2D eigenvalue weighted by Gasteiger charge is 2.16. The minimum absolute atomic E-state index is 0.168. The van der Waals surface area contributed by atoms with Gasteiger partial charge in [0, 0.05) is 18.7 Å². The third-order valence-electron chi connectivity index (χ3n) is 5.01. The van der Waals surface area contributed by atoms with Crippen LogP contribution in [-0.2, 0) is 11.3 Å². The lowest BCUT2D eigenvalue weighted by molar-refractivity contribution is 0.0924. The molecule has 0 heterocycles. The lowest BCUT2D eigenvalue weighted by Crippen LogP contribution is -2.31. The van der Waals surface area contributed by atoms with E-state index in [1.807, 2.05) is 73.7 Å². The maximum absolute atomic E-state index is 12.7. The molecule has 3 N–H and O–H groups in total. The van der Waals surface area contributed by atoms with E-state index >= 15 is 0 Å². The Labute approximate surface area is 188 Å². The Morgan fingerprint density at radius 2 is 1.47 bits per heavy atom. The molecule has 166 valence electrons. The Kier molecular flexibility index (Phi) is 8.00. The molecule has 0 unspecified atom stereocenters. The zero-order valence-corrected chi connectivity index (χ0v) is 18.2. The number of rotatable bonds is 8. The summed E-state index contributed by atoms with van der Waals surface area (Å²) in [4.78, 5) is 25.0. The van der Waals surface area contributed by atoms with Crippen molar-refractivity contribution in [2.75, 3.05) is 6.54 Å². The summed E-state index contributed by atoms with van der Waals surface area (Å²) in [5, 5.41) is 15.0. The molecule has 2 amide bonds. The van der Waals surface area contributed by atoms with Gasteiger partial charge in [0.1, 0.15) is 6.10 Å². The highest BCUT2D eigenvalue weighted by Crippen LogP contribution is 2.27. The first-order valence-corrected chi connectivity index (χ1v) is 10.6. The van der Waals surface area contributed by atoms with E-state index in [1.54, 1.807) is 19.1 Å². The molecule has 0 bridgehead atoms. The maximum atomic E-state index is 12.7. The van der Waals surface area contributed by atoms with Gasteiger partial charge in [0.25, 0.3) is 5.91 Å². The molecule has 3 aromatic rings. The van der Waals surface area contributed by atoms with Gasteiger partial charge in [-0.2, -0.15) is 0 Å². The van der Waals surface area contributed by atoms with E-state index in [0.717, 1.165) is 22.3 Å². The van der Waals surface area contributed by atoms with Crippen LogP contribution in [0.3, 0.4) is 0 Å². The second kappa shape index (κ2) is 11.1. The van der Waals surface area contributed by atoms with Crippen molar-refractivity contribution in [1.29, 1.82) is 0 Å². The topological polar surface area (TPSA) is 87.7 Å². The number of hydrogen-bond acceptors (Lipinski definition) is 4. The molecule has 0 aliphatic carbocycles. The van der Waals surface area contributed by atoms with E-state index < -0.39 is 12.2 Å². The quantitative estimate of drug-likeness (QED) is 0.491. The average molecular weight is 433 g/mol. The maximum Gasteiger partial charge on any atom is 0.408 e. The molecule has 0 spiro atoms. The van der Waals surface area contributed by atoms with Crippen LogP contribution in [0.4, 0.5) is 4.79 Å². The normalized spacial score (nSPS) is 12.5. The second-order valence-corrected chi connectivity index (χ2v) is 7.57. The van der Waals surface area contributed by atoms with Crippen molar-refractivity contribution in [3.05, 3.63) is 95.6 Å². The fourth-order valence-electron chi connectivity index (χ4n) is 3.35. The number of aliphatic hydroxyl groups excluding tert-OH is 1. The Bertz CT molecular complexity index is 1050. The summed E-state index contributed by atoms with van der Waals surface area (Å²) >= 11 is 0. The van der Waals surface area contributed by atoms with E-state index in [0.29, 0.717) is 5.56 Å². The average Bonchev–Trinajstić information content (AvgIpc) is 2.82. The van der Waals surface area contributed by atoms with Crippen molar-refractivity contribution >= 4 is 12.0 Å². The van der Waals surface area contributed by atoms with Crippen molar-refractivity contribution in [3.8, 4) is 11.1 Å². The molecule has 0 radical (unpaired) electrons. The smallest absolute Gasteiger partial charge is 0.408 e. The van der Waals surface area contributed by atoms with Crippen LogP contribution >= 0.6 is 0 Å². The Morgan fingerprint density at radius 1 is 0.844 bits per heavy atom. The number of nitrogens with one attached hydrogen (secondary N) is 2. The van der Waals surface area contributed by atoms with Crippen LogP contribution in [0.5, 0.6) is 0 Å². The van der Waals surface area contributed by atoms with E-state index in [2.05, 4.69) is 10.6 Å². The summed E-state index contributed by atoms with van der Waals surface area (Å²) in [6, 6.07) is 24.4. The van der Waals surface area contributed by atoms with Gasteiger partial charge in [0.2, 0.25) is 0 Å². The fraction of sp³-hybridized carbons (Fsp3) is 0.231. The summed E-state index contributed by atoms with van der Waals surface area (Å²) in [6.07, 6.45) is -1.52. The zero-order chi connectivity index (χ0) is 22.9. The fourth-order valence-corrected chi connectivity index (χ4v) is 3.35. The highest BCUT2D eigenvalue weighted by molar-refractivity contribution is 6.01. The number of amides is 2. The minimum atomic E-state index is -0.633. The first kappa shape index (κ1) is 23.0. The number of ether oxygens (including phenoxy) is 1. The molecular weight excluding hydrogens is 404 g/mol. The molecular formula is C26H28N2O4. The standard InChI is InChI=1S/C26H28N2O4/c1-18(29)16-27-25(30)24-15-9-8-14-23(24)22-13-7-6-12-21(22)17-28-26(31)32-19(2)20-10-4-3-5-11-20/h3-15,18-19,29H,16-17H2,1-2H3,(H,27,30)(H,28,31)/t18-,19-/m0/s1.